The van der Waals surface area contributed by atoms with Gasteiger partial charge in [-0.2, -0.15) is 0 Å². The van der Waals surface area contributed by atoms with Crippen LogP contribution in [-0.4, -0.2) is 31.6 Å². The summed E-state index contributed by atoms with van der Waals surface area (Å²) in [5, 5.41) is 3.77. The lowest BCUT2D eigenvalue weighted by Crippen LogP contribution is -2.38. The molecule has 0 aromatic heterocycles. The highest BCUT2D eigenvalue weighted by atomic mass is 15.1. The molecule has 0 bridgehead atoms. The van der Waals surface area contributed by atoms with E-state index < -0.39 is 0 Å². The average Bonchev–Trinajstić information content (AvgIpc) is 2.51. The molecule has 2 aromatic rings. The van der Waals surface area contributed by atoms with E-state index in [0.717, 1.165) is 13.0 Å². The summed E-state index contributed by atoms with van der Waals surface area (Å²) in [4.78, 5) is 2.26. The summed E-state index contributed by atoms with van der Waals surface area (Å²) in [5.74, 6) is 0. The van der Waals surface area contributed by atoms with Gasteiger partial charge in [-0.1, -0.05) is 48.5 Å². The largest absolute Gasteiger partial charge is 0.305 e. The minimum atomic E-state index is 0.313. The molecule has 1 unspecified atom stereocenters. The van der Waals surface area contributed by atoms with Crippen LogP contribution in [0.2, 0.25) is 0 Å². The Morgan fingerprint density at radius 3 is 2.05 bits per heavy atom. The topological polar surface area (TPSA) is 15.3 Å². The number of benzene rings is 2. The number of hydrogen-bond donors (Lipinski definition) is 1. The van der Waals surface area contributed by atoms with Crippen molar-refractivity contribution in [2.24, 2.45) is 0 Å². The maximum absolute atomic E-state index is 3.77. The molecule has 1 atom stereocenters. The van der Waals surface area contributed by atoms with Crippen molar-refractivity contribution < 1.29 is 0 Å². The molecule has 2 aromatic carbocycles. The highest BCUT2D eigenvalue weighted by molar-refractivity contribution is 5.48. The van der Waals surface area contributed by atoms with Gasteiger partial charge in [-0.05, 0) is 49.7 Å². The zero-order valence-corrected chi connectivity index (χ0v) is 13.1. The minimum Gasteiger partial charge on any atom is -0.305 e. The van der Waals surface area contributed by atoms with Crippen LogP contribution in [0.3, 0.4) is 0 Å². The number of rotatable bonds is 4. The smallest absolute Gasteiger partial charge is 0.0582 e. The molecular weight excluding hydrogens is 256 g/mol. The number of nitrogens with one attached hydrogen (secondary N) is 1. The average molecular weight is 280 g/mol. The van der Waals surface area contributed by atoms with Gasteiger partial charge in [0.15, 0.2) is 0 Å². The van der Waals surface area contributed by atoms with Crippen molar-refractivity contribution in [1.29, 1.82) is 0 Å². The van der Waals surface area contributed by atoms with E-state index >= 15 is 0 Å². The van der Waals surface area contributed by atoms with Gasteiger partial charge >= 0.3 is 0 Å². The van der Waals surface area contributed by atoms with Crippen LogP contribution in [-0.2, 0) is 6.42 Å². The molecule has 1 aliphatic rings. The maximum Gasteiger partial charge on any atom is 0.0582 e. The molecule has 0 heterocycles. The third-order valence-corrected chi connectivity index (χ3v) is 4.61. The van der Waals surface area contributed by atoms with Crippen molar-refractivity contribution in [3.63, 3.8) is 0 Å². The lowest BCUT2D eigenvalue weighted by molar-refractivity contribution is 0.297. The van der Waals surface area contributed by atoms with E-state index in [1.807, 2.05) is 0 Å². The molecule has 2 heteroatoms. The van der Waals surface area contributed by atoms with Crippen molar-refractivity contribution in [2.45, 2.75) is 25.4 Å². The van der Waals surface area contributed by atoms with Crippen molar-refractivity contribution >= 4 is 0 Å². The standard InChI is InChI=1S/C19H24N2/c1-14(21(2)3)13-20-19-17-10-6-4-8-15(17)12-16-9-5-7-11-18(16)19/h4-11,14,19-20H,12-13H2,1-3H3. The van der Waals surface area contributed by atoms with Crippen LogP contribution in [0, 0.1) is 0 Å². The Labute approximate surface area is 127 Å². The Hall–Kier alpha value is -1.64. The van der Waals surface area contributed by atoms with Crippen molar-refractivity contribution in [3.05, 3.63) is 70.8 Å². The van der Waals surface area contributed by atoms with Crippen LogP contribution in [0.5, 0.6) is 0 Å². The summed E-state index contributed by atoms with van der Waals surface area (Å²) in [5.41, 5.74) is 5.77. The van der Waals surface area contributed by atoms with E-state index in [9.17, 15) is 0 Å². The van der Waals surface area contributed by atoms with Crippen LogP contribution in [0.4, 0.5) is 0 Å². The van der Waals surface area contributed by atoms with Gasteiger partial charge in [0, 0.05) is 12.6 Å². The van der Waals surface area contributed by atoms with Gasteiger partial charge < -0.3 is 10.2 Å². The third-order valence-electron chi connectivity index (χ3n) is 4.61. The lowest BCUT2D eigenvalue weighted by atomic mass is 9.82. The van der Waals surface area contributed by atoms with Gasteiger partial charge in [-0.3, -0.25) is 0 Å². The van der Waals surface area contributed by atoms with Crippen LogP contribution in [0.25, 0.3) is 0 Å². The predicted octanol–water partition coefficient (Wildman–Crippen LogP) is 3.22. The molecule has 0 saturated carbocycles. The first-order valence-corrected chi connectivity index (χ1v) is 7.72. The summed E-state index contributed by atoms with van der Waals surface area (Å²) in [6.45, 7) is 3.24. The van der Waals surface area contributed by atoms with E-state index in [1.54, 1.807) is 0 Å². The zero-order valence-electron chi connectivity index (χ0n) is 13.1. The van der Waals surface area contributed by atoms with E-state index in [2.05, 4.69) is 79.8 Å². The monoisotopic (exact) mass is 280 g/mol. The second-order valence-electron chi connectivity index (χ2n) is 6.23. The first kappa shape index (κ1) is 14.3. The second kappa shape index (κ2) is 6.00. The van der Waals surface area contributed by atoms with Crippen LogP contribution >= 0.6 is 0 Å². The molecule has 110 valence electrons. The maximum atomic E-state index is 3.77. The minimum absolute atomic E-state index is 0.313. The summed E-state index contributed by atoms with van der Waals surface area (Å²) in [6.07, 6.45) is 1.05. The molecular formula is C19H24N2. The highest BCUT2D eigenvalue weighted by Gasteiger charge is 2.24. The van der Waals surface area contributed by atoms with Gasteiger partial charge in [0.05, 0.1) is 6.04 Å². The van der Waals surface area contributed by atoms with E-state index in [-0.39, 0.29) is 0 Å². The molecule has 1 N–H and O–H groups in total. The van der Waals surface area contributed by atoms with Gasteiger partial charge in [-0.25, -0.2) is 0 Å². The number of fused-ring (bicyclic) bond motifs is 2. The normalized spacial score (nSPS) is 15.6. The summed E-state index contributed by atoms with van der Waals surface area (Å²) < 4.78 is 0. The van der Waals surface area contributed by atoms with Crippen LogP contribution in [0.15, 0.2) is 48.5 Å². The molecule has 2 nitrogen and oxygen atoms in total. The number of hydrogen-bond acceptors (Lipinski definition) is 2. The Kier molecular flexibility index (Phi) is 4.09. The van der Waals surface area contributed by atoms with Crippen molar-refractivity contribution in [2.75, 3.05) is 20.6 Å². The van der Waals surface area contributed by atoms with Gasteiger partial charge in [0.1, 0.15) is 0 Å². The molecule has 0 amide bonds. The highest BCUT2D eigenvalue weighted by Crippen LogP contribution is 2.34. The number of nitrogens with zero attached hydrogens (tertiary/aromatic N) is 1. The molecule has 21 heavy (non-hydrogen) atoms. The second-order valence-corrected chi connectivity index (χ2v) is 6.23. The Morgan fingerprint density at radius 2 is 1.52 bits per heavy atom. The SMILES string of the molecule is CC(CNC1c2ccccc2Cc2ccccc21)N(C)C. The molecule has 0 radical (unpaired) electrons. The summed E-state index contributed by atoms with van der Waals surface area (Å²) in [7, 11) is 4.27. The molecule has 0 saturated heterocycles. The molecule has 0 fully saturated rings. The van der Waals surface area contributed by atoms with E-state index in [0.29, 0.717) is 12.1 Å². The van der Waals surface area contributed by atoms with E-state index in [4.69, 9.17) is 0 Å². The summed E-state index contributed by atoms with van der Waals surface area (Å²) >= 11 is 0. The van der Waals surface area contributed by atoms with Gasteiger partial charge in [-0.15, -0.1) is 0 Å². The Morgan fingerprint density at radius 1 is 1.00 bits per heavy atom. The Balaban J connectivity index is 1.91. The molecule has 3 rings (SSSR count). The van der Waals surface area contributed by atoms with Gasteiger partial charge in [0.25, 0.3) is 0 Å². The predicted molar refractivity (Wildman–Crippen MR) is 88.7 cm³/mol. The quantitative estimate of drug-likeness (QED) is 0.925. The zero-order chi connectivity index (χ0) is 14.8. The Bertz CT molecular complexity index is 573. The van der Waals surface area contributed by atoms with Crippen molar-refractivity contribution in [1.82, 2.24) is 10.2 Å². The first-order chi connectivity index (χ1) is 10.2. The third kappa shape index (κ3) is 2.87. The van der Waals surface area contributed by atoms with Gasteiger partial charge in [0.2, 0.25) is 0 Å². The van der Waals surface area contributed by atoms with Crippen LogP contribution in [0.1, 0.15) is 35.2 Å². The van der Waals surface area contributed by atoms with E-state index in [1.165, 1.54) is 22.3 Å². The molecule has 0 aliphatic heterocycles. The number of likely N-dealkylation sites (N-methyl/N-ethyl adjacent to an activating group) is 1. The fourth-order valence-electron chi connectivity index (χ4n) is 3.02. The first-order valence-electron chi connectivity index (χ1n) is 7.72. The lowest BCUT2D eigenvalue weighted by Gasteiger charge is -2.31. The fourth-order valence-corrected chi connectivity index (χ4v) is 3.02. The molecule has 1 aliphatic carbocycles. The summed E-state index contributed by atoms with van der Waals surface area (Å²) in [6, 6.07) is 18.5. The van der Waals surface area contributed by atoms with Crippen molar-refractivity contribution in [3.8, 4) is 0 Å². The fraction of sp³-hybridized carbons (Fsp3) is 0.368. The van der Waals surface area contributed by atoms with Crippen LogP contribution < -0.4 is 5.32 Å². The molecule has 0 spiro atoms.